The molecular formula is C17H13ClFN5O. The van der Waals surface area contributed by atoms with Gasteiger partial charge in [0.2, 0.25) is 11.7 Å². The Morgan fingerprint density at radius 2 is 2.12 bits per heavy atom. The summed E-state index contributed by atoms with van der Waals surface area (Å²) in [5.41, 5.74) is 2.78. The first-order chi connectivity index (χ1) is 12.2. The minimum absolute atomic E-state index is 0.132. The number of nitrogens with zero attached hydrogens (tertiary/aromatic N) is 5. The van der Waals surface area contributed by atoms with Gasteiger partial charge in [0.25, 0.3) is 0 Å². The number of rotatable bonds is 4. The van der Waals surface area contributed by atoms with Crippen molar-refractivity contribution < 1.29 is 8.91 Å². The van der Waals surface area contributed by atoms with Gasteiger partial charge in [0.15, 0.2) is 0 Å². The minimum atomic E-state index is -0.398. The summed E-state index contributed by atoms with van der Waals surface area (Å²) in [6.07, 6.45) is 0.132. The zero-order valence-electron chi connectivity index (χ0n) is 13.3. The summed E-state index contributed by atoms with van der Waals surface area (Å²) in [7, 11) is 0. The van der Waals surface area contributed by atoms with Gasteiger partial charge in [0, 0.05) is 22.7 Å². The van der Waals surface area contributed by atoms with Crippen LogP contribution in [-0.2, 0) is 13.0 Å². The summed E-state index contributed by atoms with van der Waals surface area (Å²) in [5.74, 6) is 0.305. The van der Waals surface area contributed by atoms with Gasteiger partial charge in [-0.15, -0.1) is 5.10 Å². The Bertz CT molecular complexity index is 1040. The molecule has 0 aliphatic heterocycles. The van der Waals surface area contributed by atoms with Gasteiger partial charge in [-0.3, -0.25) is 0 Å². The molecule has 0 unspecified atom stereocenters. The Hall–Kier alpha value is -2.80. The van der Waals surface area contributed by atoms with Crippen LogP contribution >= 0.6 is 11.6 Å². The standard InChI is InChI=1S/C17H13ClFN5O/c1-2-24-15-7-6-10(8-14(15)21-23-24)17-20-16(25-22-17)9-11-12(18)4-3-5-13(11)19/h3-8H,2,9H2,1H3. The fourth-order valence-electron chi connectivity index (χ4n) is 2.64. The van der Waals surface area contributed by atoms with E-state index in [-0.39, 0.29) is 6.42 Å². The van der Waals surface area contributed by atoms with E-state index < -0.39 is 5.82 Å². The van der Waals surface area contributed by atoms with Gasteiger partial charge in [-0.1, -0.05) is 28.0 Å². The third-order valence-corrected chi connectivity index (χ3v) is 4.28. The van der Waals surface area contributed by atoms with Crippen LogP contribution in [0.3, 0.4) is 0 Å². The fourth-order valence-corrected chi connectivity index (χ4v) is 2.87. The molecule has 0 fully saturated rings. The topological polar surface area (TPSA) is 69.6 Å². The van der Waals surface area contributed by atoms with Crippen molar-refractivity contribution in [3.8, 4) is 11.4 Å². The second kappa shape index (κ2) is 6.25. The molecule has 4 rings (SSSR count). The molecule has 4 aromatic rings. The molecule has 2 heterocycles. The van der Waals surface area contributed by atoms with Gasteiger partial charge in [-0.2, -0.15) is 4.98 Å². The molecule has 0 aliphatic carbocycles. The van der Waals surface area contributed by atoms with Gasteiger partial charge in [0.05, 0.1) is 11.9 Å². The molecule has 0 atom stereocenters. The van der Waals surface area contributed by atoms with Crippen molar-refractivity contribution in [3.05, 3.63) is 58.7 Å². The molecule has 0 bridgehead atoms. The van der Waals surface area contributed by atoms with E-state index in [1.165, 1.54) is 6.07 Å². The highest BCUT2D eigenvalue weighted by atomic mass is 35.5. The quantitative estimate of drug-likeness (QED) is 0.554. The Balaban J connectivity index is 1.65. The third kappa shape index (κ3) is 2.87. The lowest BCUT2D eigenvalue weighted by Crippen LogP contribution is -1.95. The zero-order valence-corrected chi connectivity index (χ0v) is 14.0. The first-order valence-corrected chi connectivity index (χ1v) is 8.12. The molecule has 0 radical (unpaired) electrons. The van der Waals surface area contributed by atoms with Crippen LogP contribution in [0.25, 0.3) is 22.4 Å². The Morgan fingerprint density at radius 1 is 1.24 bits per heavy atom. The molecule has 6 nitrogen and oxygen atoms in total. The van der Waals surface area contributed by atoms with E-state index in [1.807, 2.05) is 25.1 Å². The molecule has 0 saturated carbocycles. The van der Waals surface area contributed by atoms with Crippen molar-refractivity contribution in [1.82, 2.24) is 25.1 Å². The van der Waals surface area contributed by atoms with Crippen LogP contribution in [0.5, 0.6) is 0 Å². The van der Waals surface area contributed by atoms with Crippen molar-refractivity contribution in [3.63, 3.8) is 0 Å². The monoisotopic (exact) mass is 357 g/mol. The van der Waals surface area contributed by atoms with Crippen molar-refractivity contribution in [1.29, 1.82) is 0 Å². The summed E-state index contributed by atoms with van der Waals surface area (Å²) in [6, 6.07) is 10.2. The maximum Gasteiger partial charge on any atom is 0.231 e. The van der Waals surface area contributed by atoms with E-state index in [9.17, 15) is 4.39 Å². The molecule has 126 valence electrons. The minimum Gasteiger partial charge on any atom is -0.339 e. The first kappa shape index (κ1) is 15.7. The van der Waals surface area contributed by atoms with E-state index in [0.717, 1.165) is 23.1 Å². The fraction of sp³-hybridized carbons (Fsp3) is 0.176. The number of hydrogen-bond donors (Lipinski definition) is 0. The average Bonchev–Trinajstić information content (AvgIpc) is 3.24. The predicted molar refractivity (Wildman–Crippen MR) is 90.7 cm³/mol. The molecule has 0 aliphatic rings. The molecule has 25 heavy (non-hydrogen) atoms. The Labute approximate surface area is 147 Å². The largest absolute Gasteiger partial charge is 0.339 e. The van der Waals surface area contributed by atoms with Crippen molar-refractivity contribution in [2.45, 2.75) is 19.9 Å². The molecule has 2 aromatic heterocycles. The smallest absolute Gasteiger partial charge is 0.231 e. The summed E-state index contributed by atoms with van der Waals surface area (Å²) < 4.78 is 20.9. The number of hydrogen-bond acceptors (Lipinski definition) is 5. The number of aryl methyl sites for hydroxylation is 1. The summed E-state index contributed by atoms with van der Waals surface area (Å²) in [5, 5.41) is 12.5. The van der Waals surface area contributed by atoms with Gasteiger partial charge < -0.3 is 4.52 Å². The van der Waals surface area contributed by atoms with Crippen molar-refractivity contribution in [2.75, 3.05) is 0 Å². The van der Waals surface area contributed by atoms with E-state index in [2.05, 4.69) is 20.5 Å². The second-order valence-electron chi connectivity index (χ2n) is 5.50. The second-order valence-corrected chi connectivity index (χ2v) is 5.90. The van der Waals surface area contributed by atoms with Crippen LogP contribution in [0, 0.1) is 5.82 Å². The maximum absolute atomic E-state index is 13.9. The molecule has 2 aromatic carbocycles. The molecule has 0 saturated heterocycles. The number of benzene rings is 2. The van der Waals surface area contributed by atoms with Crippen LogP contribution in [0.1, 0.15) is 18.4 Å². The van der Waals surface area contributed by atoms with E-state index in [0.29, 0.717) is 22.3 Å². The lowest BCUT2D eigenvalue weighted by Gasteiger charge is -2.01. The lowest BCUT2D eigenvalue weighted by atomic mass is 10.1. The van der Waals surface area contributed by atoms with E-state index >= 15 is 0 Å². The number of fused-ring (bicyclic) bond motifs is 1. The highest BCUT2D eigenvalue weighted by Gasteiger charge is 2.15. The summed E-state index contributed by atoms with van der Waals surface area (Å²) in [6.45, 7) is 2.74. The highest BCUT2D eigenvalue weighted by Crippen LogP contribution is 2.24. The first-order valence-electron chi connectivity index (χ1n) is 7.75. The van der Waals surface area contributed by atoms with Crippen LogP contribution in [0.15, 0.2) is 40.9 Å². The summed E-state index contributed by atoms with van der Waals surface area (Å²) >= 11 is 6.04. The zero-order chi connectivity index (χ0) is 17.4. The highest BCUT2D eigenvalue weighted by molar-refractivity contribution is 6.31. The predicted octanol–water partition coefficient (Wildman–Crippen LogP) is 3.88. The van der Waals surface area contributed by atoms with Gasteiger partial charge in [0.1, 0.15) is 11.3 Å². The van der Waals surface area contributed by atoms with Crippen molar-refractivity contribution >= 4 is 22.6 Å². The van der Waals surface area contributed by atoms with Gasteiger partial charge >= 0.3 is 0 Å². The lowest BCUT2D eigenvalue weighted by molar-refractivity contribution is 0.384. The van der Waals surface area contributed by atoms with Crippen LogP contribution in [-0.4, -0.2) is 25.1 Å². The van der Waals surface area contributed by atoms with E-state index in [1.54, 1.807) is 16.8 Å². The molecule has 8 heteroatoms. The SMILES string of the molecule is CCn1nnc2cc(-c3noc(Cc4c(F)cccc4Cl)n3)ccc21. The number of aromatic nitrogens is 5. The maximum atomic E-state index is 13.9. The normalized spacial score (nSPS) is 11.3. The third-order valence-electron chi connectivity index (χ3n) is 3.93. The van der Waals surface area contributed by atoms with Crippen molar-refractivity contribution in [2.24, 2.45) is 0 Å². The number of halogens is 2. The van der Waals surface area contributed by atoms with Crippen LogP contribution < -0.4 is 0 Å². The molecule has 0 spiro atoms. The van der Waals surface area contributed by atoms with Gasteiger partial charge in [-0.25, -0.2) is 9.07 Å². The van der Waals surface area contributed by atoms with Crippen LogP contribution in [0.2, 0.25) is 5.02 Å². The van der Waals surface area contributed by atoms with Crippen LogP contribution in [0.4, 0.5) is 4.39 Å². The average molecular weight is 358 g/mol. The van der Waals surface area contributed by atoms with E-state index in [4.69, 9.17) is 16.1 Å². The molecule has 0 N–H and O–H groups in total. The summed E-state index contributed by atoms with van der Waals surface area (Å²) in [4.78, 5) is 4.33. The molecular weight excluding hydrogens is 345 g/mol. The van der Waals surface area contributed by atoms with Gasteiger partial charge in [-0.05, 0) is 37.3 Å². The Morgan fingerprint density at radius 3 is 2.92 bits per heavy atom. The Kier molecular flexibility index (Phi) is 3.93. The molecule has 0 amide bonds.